The molecule has 4 atom stereocenters. The van der Waals surface area contributed by atoms with Gasteiger partial charge in [-0.3, -0.25) is 13.7 Å². The topological polar surface area (TPSA) is 240 Å². The number of rotatable bonds is 5. The van der Waals surface area contributed by atoms with Crippen LogP contribution in [0.5, 0.6) is 0 Å². The van der Waals surface area contributed by atoms with E-state index in [2.05, 4.69) is 15.0 Å². The molecule has 1 aliphatic rings. The third-order valence-corrected chi connectivity index (χ3v) is 8.09. The van der Waals surface area contributed by atoms with E-state index in [9.17, 15) is 33.8 Å². The average molecular weight is 424 g/mol. The molecule has 2 aromatic rings. The number of aliphatic hydroxyl groups excluding tert-OH is 1. The largest absolute Gasteiger partial charge is 0.387 e. The van der Waals surface area contributed by atoms with E-state index in [4.69, 9.17) is 16.2 Å². The van der Waals surface area contributed by atoms with E-state index >= 15 is 0 Å². The number of fused-ring (bicyclic) bond motifs is 1. The summed E-state index contributed by atoms with van der Waals surface area (Å²) >= 11 is 0. The number of aliphatic hydroxyl groups is 1. The van der Waals surface area contributed by atoms with Crippen LogP contribution in [0.4, 0.5) is 5.82 Å². The number of nitrogens with two attached hydrogens (primary N) is 2. The first-order valence-corrected chi connectivity index (χ1v) is 10.9. The van der Waals surface area contributed by atoms with E-state index in [0.29, 0.717) is 0 Å². The van der Waals surface area contributed by atoms with E-state index in [1.54, 1.807) is 0 Å². The van der Waals surface area contributed by atoms with Crippen LogP contribution < -0.4 is 11.5 Å². The maximum absolute atomic E-state index is 11.5. The molecular formula is C11H18N6O8P2. The van der Waals surface area contributed by atoms with Gasteiger partial charge < -0.3 is 40.9 Å². The highest BCUT2D eigenvalue weighted by Gasteiger charge is 2.50. The monoisotopic (exact) mass is 424 g/mol. The molecule has 0 amide bonds. The first kappa shape index (κ1) is 20.3. The molecule has 0 aliphatic carbocycles. The van der Waals surface area contributed by atoms with Crippen molar-refractivity contribution in [3.8, 4) is 0 Å². The van der Waals surface area contributed by atoms with Crippen molar-refractivity contribution in [2.24, 2.45) is 5.73 Å². The highest BCUT2D eigenvalue weighted by atomic mass is 31.2. The predicted octanol–water partition coefficient (Wildman–Crippen LogP) is -1.93. The van der Waals surface area contributed by atoms with E-state index in [-0.39, 0.29) is 17.0 Å². The molecule has 1 fully saturated rings. The van der Waals surface area contributed by atoms with Crippen molar-refractivity contribution in [1.29, 1.82) is 0 Å². The van der Waals surface area contributed by atoms with Crippen molar-refractivity contribution in [1.82, 2.24) is 19.5 Å². The van der Waals surface area contributed by atoms with Crippen molar-refractivity contribution >= 4 is 32.2 Å². The molecule has 0 bridgehead atoms. The van der Waals surface area contributed by atoms with Crippen LogP contribution in [-0.4, -0.2) is 67.8 Å². The summed E-state index contributed by atoms with van der Waals surface area (Å²) in [4.78, 5) is 48.8. The molecule has 0 saturated carbocycles. The SMILES string of the molecule is Nc1ncnc2c1ncn2[C@@H]1O[C@H](CC(P(=O)(O)O)P(=O)(O)O)C(N)C1O. The Hall–Kier alpha value is -1.47. The number of aromatic nitrogens is 4. The first-order chi connectivity index (χ1) is 12.4. The van der Waals surface area contributed by atoms with Crippen LogP contribution in [0.25, 0.3) is 11.2 Å². The molecule has 0 spiro atoms. The maximum atomic E-state index is 11.5. The number of nitrogens with zero attached hydrogens (tertiary/aromatic N) is 4. The lowest BCUT2D eigenvalue weighted by Gasteiger charge is -2.24. The molecule has 1 aliphatic heterocycles. The quantitative estimate of drug-likeness (QED) is 0.259. The first-order valence-electron chi connectivity index (χ1n) is 7.54. The van der Waals surface area contributed by atoms with E-state index in [1.807, 2.05) is 0 Å². The number of hydrogen-bond acceptors (Lipinski definition) is 9. The van der Waals surface area contributed by atoms with Gasteiger partial charge >= 0.3 is 15.2 Å². The number of nitrogen functional groups attached to an aromatic ring is 1. The highest BCUT2D eigenvalue weighted by molar-refractivity contribution is 7.70. The molecule has 16 heteroatoms. The fourth-order valence-electron chi connectivity index (χ4n) is 2.94. The molecule has 27 heavy (non-hydrogen) atoms. The standard InChI is InChI=1S/C11H18N6O8P2/c12-6-4(1-5(26(19,20)21)27(22,23)24)25-11(8(6)18)17-3-16-7-9(13)14-2-15-10(7)17/h2-6,8,11,18H,1,12H2,(H2,13,14,15)(H2,19,20,21)(H2,22,23,24)/t4-,6?,8?,11-/m1/s1. The van der Waals surface area contributed by atoms with Crippen LogP contribution in [0.15, 0.2) is 12.7 Å². The van der Waals surface area contributed by atoms with Gasteiger partial charge in [-0.25, -0.2) is 15.0 Å². The lowest BCUT2D eigenvalue weighted by atomic mass is 10.1. The predicted molar refractivity (Wildman–Crippen MR) is 90.1 cm³/mol. The Balaban J connectivity index is 1.90. The molecule has 0 radical (unpaired) electrons. The zero-order chi connectivity index (χ0) is 20.1. The minimum Gasteiger partial charge on any atom is -0.387 e. The van der Waals surface area contributed by atoms with Gasteiger partial charge in [-0.05, 0) is 0 Å². The van der Waals surface area contributed by atoms with Gasteiger partial charge in [-0.2, -0.15) is 0 Å². The average Bonchev–Trinajstić information content (AvgIpc) is 3.07. The van der Waals surface area contributed by atoms with Gasteiger partial charge in [-0.15, -0.1) is 0 Å². The van der Waals surface area contributed by atoms with Crippen molar-refractivity contribution < 1.29 is 38.5 Å². The summed E-state index contributed by atoms with van der Waals surface area (Å²) < 4.78 is 29.8. The third-order valence-electron chi connectivity index (χ3n) is 4.31. The van der Waals surface area contributed by atoms with Gasteiger partial charge in [0.15, 0.2) is 23.1 Å². The number of ether oxygens (including phenoxy) is 1. The maximum Gasteiger partial charge on any atom is 0.340 e. The van der Waals surface area contributed by atoms with Crippen molar-refractivity contribution in [2.75, 3.05) is 5.73 Å². The third kappa shape index (κ3) is 3.76. The van der Waals surface area contributed by atoms with Crippen molar-refractivity contribution in [3.05, 3.63) is 12.7 Å². The molecule has 9 N–H and O–H groups in total. The van der Waals surface area contributed by atoms with Crippen LogP contribution >= 0.6 is 15.2 Å². The summed E-state index contributed by atoms with van der Waals surface area (Å²) in [6.07, 6.45) is -2.08. The molecule has 14 nitrogen and oxygen atoms in total. The second-order valence-electron chi connectivity index (χ2n) is 6.11. The fraction of sp³-hybridized carbons (Fsp3) is 0.545. The van der Waals surface area contributed by atoms with Crippen LogP contribution in [0.1, 0.15) is 12.6 Å². The molecule has 1 saturated heterocycles. The second kappa shape index (κ2) is 6.85. The van der Waals surface area contributed by atoms with Gasteiger partial charge in [0, 0.05) is 6.42 Å². The van der Waals surface area contributed by atoms with Crippen LogP contribution in [-0.2, 0) is 13.9 Å². The normalized spacial score (nSPS) is 26.9. The molecule has 3 rings (SSSR count). The Kier molecular flexibility index (Phi) is 5.14. The summed E-state index contributed by atoms with van der Waals surface area (Å²) in [6.45, 7) is 0. The van der Waals surface area contributed by atoms with Gasteiger partial charge in [0.1, 0.15) is 17.9 Å². The highest BCUT2D eigenvalue weighted by Crippen LogP contribution is 2.62. The summed E-state index contributed by atoms with van der Waals surface area (Å²) in [5.74, 6) is 0.0927. The zero-order valence-corrected chi connectivity index (χ0v) is 15.3. The molecule has 2 unspecified atom stereocenters. The number of imidazole rings is 1. The summed E-state index contributed by atoms with van der Waals surface area (Å²) in [6, 6.07) is -1.17. The Bertz CT molecular complexity index is 920. The van der Waals surface area contributed by atoms with Crippen LogP contribution in [0, 0.1) is 0 Å². The smallest absolute Gasteiger partial charge is 0.340 e. The lowest BCUT2D eigenvalue weighted by Crippen LogP contribution is -2.41. The zero-order valence-electron chi connectivity index (χ0n) is 13.5. The summed E-state index contributed by atoms with van der Waals surface area (Å²) in [7, 11) is -10.3. The minimum absolute atomic E-state index is 0.0927. The molecule has 0 aromatic carbocycles. The second-order valence-corrected chi connectivity index (χ2v) is 10.1. The Morgan fingerprint density at radius 3 is 2.41 bits per heavy atom. The number of hydrogen-bond donors (Lipinski definition) is 7. The van der Waals surface area contributed by atoms with Gasteiger partial charge in [-0.1, -0.05) is 0 Å². The van der Waals surface area contributed by atoms with Gasteiger partial charge in [0.2, 0.25) is 0 Å². The van der Waals surface area contributed by atoms with E-state index < -0.39 is 51.5 Å². The summed E-state index contributed by atoms with van der Waals surface area (Å²) in [5.41, 5.74) is 12.0. The Morgan fingerprint density at radius 2 is 1.81 bits per heavy atom. The van der Waals surface area contributed by atoms with E-state index in [0.717, 1.165) is 0 Å². The Morgan fingerprint density at radius 1 is 1.19 bits per heavy atom. The minimum atomic E-state index is -5.16. The molecule has 150 valence electrons. The van der Waals surface area contributed by atoms with Crippen LogP contribution in [0.2, 0.25) is 0 Å². The molecular weight excluding hydrogens is 406 g/mol. The number of anilines is 1. The van der Waals surface area contributed by atoms with Crippen molar-refractivity contribution in [3.63, 3.8) is 0 Å². The van der Waals surface area contributed by atoms with Crippen LogP contribution in [0.3, 0.4) is 0 Å². The molecule has 3 heterocycles. The molecule has 2 aromatic heterocycles. The van der Waals surface area contributed by atoms with E-state index in [1.165, 1.54) is 17.2 Å². The van der Waals surface area contributed by atoms with Crippen molar-refractivity contribution in [2.45, 2.75) is 36.3 Å². The lowest BCUT2D eigenvalue weighted by molar-refractivity contribution is -0.0364. The summed E-state index contributed by atoms with van der Waals surface area (Å²) in [5, 5.41) is 8.08. The van der Waals surface area contributed by atoms with Gasteiger partial charge in [0.25, 0.3) is 0 Å². The fourth-order valence-corrected chi connectivity index (χ4v) is 5.47. The Labute approximate surface area is 151 Å². The van der Waals surface area contributed by atoms with Gasteiger partial charge in [0.05, 0.1) is 18.5 Å².